The molecule has 1 aliphatic rings. The number of pyridine rings is 1. The smallest absolute Gasteiger partial charge is 0.234 e. The van der Waals surface area contributed by atoms with Crippen LogP contribution in [0.5, 0.6) is 0 Å². The Morgan fingerprint density at radius 1 is 1.00 bits per heavy atom. The van der Waals surface area contributed by atoms with Crippen LogP contribution in [0.2, 0.25) is 0 Å². The number of aromatic nitrogens is 1. The van der Waals surface area contributed by atoms with Gasteiger partial charge in [0.15, 0.2) is 11.5 Å². The van der Waals surface area contributed by atoms with Crippen LogP contribution < -0.4 is 0 Å². The van der Waals surface area contributed by atoms with E-state index in [1.165, 1.54) is 24.9 Å². The molecule has 0 amide bonds. The minimum atomic E-state index is -0.263. The highest BCUT2D eigenvalue weighted by Gasteiger charge is 2.30. The molecule has 3 rings (SSSR count). The van der Waals surface area contributed by atoms with Gasteiger partial charge < -0.3 is 4.74 Å². The van der Waals surface area contributed by atoms with Gasteiger partial charge in [0, 0.05) is 17.8 Å². The third-order valence-electron chi connectivity index (χ3n) is 3.83. The second kappa shape index (κ2) is 7.94. The van der Waals surface area contributed by atoms with E-state index in [9.17, 15) is 9.59 Å². The predicted octanol–water partition coefficient (Wildman–Crippen LogP) is 3.74. The van der Waals surface area contributed by atoms with Crippen LogP contribution in [0, 0.1) is 0 Å². The zero-order valence-corrected chi connectivity index (χ0v) is 14.6. The molecule has 1 heterocycles. The topological polar surface area (TPSA) is 56.3 Å². The molecule has 0 spiro atoms. The highest BCUT2D eigenvalue weighted by molar-refractivity contribution is 8.04. The normalized spacial score (nSPS) is 14.5. The van der Waals surface area contributed by atoms with E-state index in [-0.39, 0.29) is 17.3 Å². The Morgan fingerprint density at radius 2 is 1.76 bits per heavy atom. The number of nitrogens with zero attached hydrogens (tertiary/aromatic N) is 1. The van der Waals surface area contributed by atoms with Crippen LogP contribution in [0.25, 0.3) is 0 Å². The number of ketones is 2. The summed E-state index contributed by atoms with van der Waals surface area (Å²) in [6, 6.07) is 15.4. The number of aryl methyl sites for hydroxylation is 1. The van der Waals surface area contributed by atoms with Crippen LogP contribution in [0.3, 0.4) is 0 Å². The lowest BCUT2D eigenvalue weighted by Crippen LogP contribution is -2.19. The van der Waals surface area contributed by atoms with Crippen molar-refractivity contribution >= 4 is 23.3 Å². The van der Waals surface area contributed by atoms with Crippen molar-refractivity contribution in [1.82, 2.24) is 4.98 Å². The molecule has 1 aromatic heterocycles. The van der Waals surface area contributed by atoms with E-state index in [2.05, 4.69) is 4.98 Å². The molecular formula is C20H17NO3S. The first-order chi connectivity index (χ1) is 12.2. The summed E-state index contributed by atoms with van der Waals surface area (Å²) in [6.07, 6.45) is 4.13. The van der Waals surface area contributed by atoms with E-state index in [1.807, 2.05) is 48.5 Å². The standard InChI is InChI=1S/C20H17NO3S/c1-24-17-13-16(22)15(11-10-14-7-3-2-4-8-14)20(19(17)23)25-18-9-5-6-12-21-18/h2-9,12-13H,10-11H2,1H3. The Hall–Kier alpha value is -2.66. The maximum absolute atomic E-state index is 12.7. The van der Waals surface area contributed by atoms with Crippen LogP contribution in [0.1, 0.15) is 12.0 Å². The monoisotopic (exact) mass is 351 g/mol. The van der Waals surface area contributed by atoms with Crippen LogP contribution in [0.4, 0.5) is 0 Å². The first-order valence-corrected chi connectivity index (χ1v) is 8.71. The average molecular weight is 351 g/mol. The Morgan fingerprint density at radius 3 is 2.44 bits per heavy atom. The number of carbonyl (C=O) groups is 2. The van der Waals surface area contributed by atoms with Gasteiger partial charge in [-0.25, -0.2) is 4.98 Å². The molecular weight excluding hydrogens is 334 g/mol. The minimum Gasteiger partial charge on any atom is -0.492 e. The summed E-state index contributed by atoms with van der Waals surface area (Å²) in [4.78, 5) is 29.8. The molecule has 1 aromatic carbocycles. The quantitative estimate of drug-likeness (QED) is 0.742. The van der Waals surface area contributed by atoms with Gasteiger partial charge in [-0.15, -0.1) is 0 Å². The fraction of sp³-hybridized carbons (Fsp3) is 0.150. The number of Topliss-reactive ketones (excluding diaryl/α,β-unsaturated/α-hetero) is 1. The van der Waals surface area contributed by atoms with Gasteiger partial charge in [-0.2, -0.15) is 0 Å². The molecule has 0 saturated carbocycles. The largest absolute Gasteiger partial charge is 0.492 e. The van der Waals surface area contributed by atoms with Crippen molar-refractivity contribution in [2.24, 2.45) is 0 Å². The van der Waals surface area contributed by atoms with Gasteiger partial charge in [-0.3, -0.25) is 9.59 Å². The van der Waals surface area contributed by atoms with Crippen LogP contribution in [-0.4, -0.2) is 23.7 Å². The van der Waals surface area contributed by atoms with E-state index >= 15 is 0 Å². The molecule has 0 atom stereocenters. The van der Waals surface area contributed by atoms with Crippen LogP contribution >= 0.6 is 11.8 Å². The lowest BCUT2D eigenvalue weighted by molar-refractivity contribution is -0.117. The Bertz CT molecular complexity index is 842. The lowest BCUT2D eigenvalue weighted by Gasteiger charge is -2.17. The Labute approximate surface area is 150 Å². The van der Waals surface area contributed by atoms with E-state index in [0.717, 1.165) is 5.56 Å². The second-order valence-corrected chi connectivity index (χ2v) is 6.50. The summed E-state index contributed by atoms with van der Waals surface area (Å²) in [5.41, 5.74) is 1.64. The summed E-state index contributed by atoms with van der Waals surface area (Å²) >= 11 is 1.22. The van der Waals surface area contributed by atoms with Gasteiger partial charge in [0.1, 0.15) is 5.03 Å². The van der Waals surface area contributed by atoms with Crippen LogP contribution in [-0.2, 0) is 20.7 Å². The molecule has 2 aromatic rings. The van der Waals surface area contributed by atoms with Crippen molar-refractivity contribution in [2.75, 3.05) is 7.11 Å². The van der Waals surface area contributed by atoms with Gasteiger partial charge in [0.25, 0.3) is 0 Å². The molecule has 0 fully saturated rings. The van der Waals surface area contributed by atoms with E-state index in [4.69, 9.17) is 4.74 Å². The van der Waals surface area contributed by atoms with Crippen molar-refractivity contribution in [3.63, 3.8) is 0 Å². The zero-order chi connectivity index (χ0) is 17.6. The Kier molecular flexibility index (Phi) is 5.46. The molecule has 126 valence electrons. The lowest BCUT2D eigenvalue weighted by atomic mass is 9.96. The van der Waals surface area contributed by atoms with Crippen molar-refractivity contribution < 1.29 is 14.3 Å². The number of hydrogen-bond acceptors (Lipinski definition) is 5. The third kappa shape index (κ3) is 4.06. The molecule has 25 heavy (non-hydrogen) atoms. The third-order valence-corrected chi connectivity index (χ3v) is 4.92. The average Bonchev–Trinajstić information content (AvgIpc) is 2.65. The second-order valence-electron chi connectivity index (χ2n) is 5.47. The highest BCUT2D eigenvalue weighted by atomic mass is 32.2. The number of benzene rings is 1. The molecule has 0 radical (unpaired) electrons. The zero-order valence-electron chi connectivity index (χ0n) is 13.8. The summed E-state index contributed by atoms with van der Waals surface area (Å²) < 4.78 is 5.08. The Balaban J connectivity index is 1.90. The van der Waals surface area contributed by atoms with Crippen molar-refractivity contribution in [3.8, 4) is 0 Å². The van der Waals surface area contributed by atoms with Crippen molar-refractivity contribution in [1.29, 1.82) is 0 Å². The fourth-order valence-corrected chi connectivity index (χ4v) is 3.54. The highest BCUT2D eigenvalue weighted by Crippen LogP contribution is 2.35. The van der Waals surface area contributed by atoms with Gasteiger partial charge >= 0.3 is 0 Å². The number of methoxy groups -OCH3 is 1. The van der Waals surface area contributed by atoms with Gasteiger partial charge in [0.05, 0.1) is 12.0 Å². The SMILES string of the molecule is COC1=CC(=O)C(CCc2ccccc2)=C(Sc2ccccn2)C1=O. The molecule has 4 nitrogen and oxygen atoms in total. The molecule has 0 aliphatic heterocycles. The van der Waals surface area contributed by atoms with E-state index < -0.39 is 0 Å². The first-order valence-electron chi connectivity index (χ1n) is 7.89. The fourth-order valence-electron chi connectivity index (χ4n) is 2.55. The molecule has 0 N–H and O–H groups in total. The van der Waals surface area contributed by atoms with Crippen LogP contribution in [0.15, 0.2) is 82.1 Å². The number of thioether (sulfide) groups is 1. The number of allylic oxidation sites excluding steroid dienone is 3. The van der Waals surface area contributed by atoms with Crippen molar-refractivity contribution in [3.05, 3.63) is 82.6 Å². The number of carbonyl (C=O) groups excluding carboxylic acids is 2. The summed E-state index contributed by atoms with van der Waals surface area (Å²) in [6.45, 7) is 0. The molecule has 1 aliphatic carbocycles. The van der Waals surface area contributed by atoms with Crippen molar-refractivity contribution in [2.45, 2.75) is 17.9 Å². The van der Waals surface area contributed by atoms with E-state index in [0.29, 0.717) is 28.3 Å². The maximum atomic E-state index is 12.7. The number of ether oxygens (including phenoxy) is 1. The molecule has 0 saturated heterocycles. The summed E-state index contributed by atoms with van der Waals surface area (Å²) in [5, 5.41) is 0.674. The predicted molar refractivity (Wildman–Crippen MR) is 97.0 cm³/mol. The first kappa shape index (κ1) is 17.2. The molecule has 0 bridgehead atoms. The molecule has 5 heteroatoms. The van der Waals surface area contributed by atoms with Gasteiger partial charge in [-0.05, 0) is 30.5 Å². The minimum absolute atomic E-state index is 0.0758. The summed E-state index contributed by atoms with van der Waals surface area (Å²) in [7, 11) is 1.40. The van der Waals surface area contributed by atoms with Gasteiger partial charge in [-0.1, -0.05) is 48.2 Å². The number of hydrogen-bond donors (Lipinski definition) is 0. The molecule has 0 unspecified atom stereocenters. The number of rotatable bonds is 6. The van der Waals surface area contributed by atoms with Gasteiger partial charge in [0.2, 0.25) is 5.78 Å². The van der Waals surface area contributed by atoms with E-state index in [1.54, 1.807) is 6.20 Å². The summed E-state index contributed by atoms with van der Waals surface area (Å²) in [5.74, 6) is -0.362. The maximum Gasteiger partial charge on any atom is 0.234 e.